The van der Waals surface area contributed by atoms with Crippen molar-refractivity contribution < 1.29 is 29.4 Å². The number of imidazole rings is 2. The van der Waals surface area contributed by atoms with Gasteiger partial charge >= 0.3 is 5.97 Å². The van der Waals surface area contributed by atoms with Gasteiger partial charge < -0.3 is 46.8 Å². The van der Waals surface area contributed by atoms with Crippen LogP contribution in [0.15, 0.2) is 55.5 Å². The van der Waals surface area contributed by atoms with E-state index in [2.05, 4.69) is 40.9 Å². The largest absolute Gasteiger partial charge is 0.480 e. The number of benzene rings is 1. The Balaban J connectivity index is 1.47. The van der Waals surface area contributed by atoms with E-state index in [4.69, 9.17) is 5.73 Å². The fourth-order valence-corrected chi connectivity index (χ4v) is 4.47. The zero-order valence-electron chi connectivity index (χ0n) is 22.7. The third-order valence-corrected chi connectivity index (χ3v) is 6.72. The number of carbonyl (C=O) groups excluding carboxylic acids is 3. The Labute approximate surface area is 239 Å². The summed E-state index contributed by atoms with van der Waals surface area (Å²) in [5.74, 6) is -3.61. The van der Waals surface area contributed by atoms with E-state index in [1.807, 2.05) is 24.3 Å². The van der Waals surface area contributed by atoms with E-state index in [0.717, 1.165) is 10.9 Å². The summed E-state index contributed by atoms with van der Waals surface area (Å²) in [6.45, 7) is 1.30. The molecule has 0 saturated heterocycles. The first kappa shape index (κ1) is 30.0. The van der Waals surface area contributed by atoms with Gasteiger partial charge in [0, 0.05) is 60.1 Å². The molecule has 3 aromatic heterocycles. The van der Waals surface area contributed by atoms with Crippen LogP contribution in [0, 0.1) is 0 Å². The van der Waals surface area contributed by atoms with Crippen LogP contribution >= 0.6 is 0 Å². The summed E-state index contributed by atoms with van der Waals surface area (Å²) in [5.41, 5.74) is 8.57. The van der Waals surface area contributed by atoms with E-state index in [-0.39, 0.29) is 19.3 Å². The summed E-state index contributed by atoms with van der Waals surface area (Å²) in [7, 11) is 0. The Morgan fingerprint density at radius 1 is 0.857 bits per heavy atom. The molecule has 5 unspecified atom stereocenters. The maximum absolute atomic E-state index is 13.4. The molecular formula is C27H33N9O6. The standard InChI is InChI=1S/C27H33N9O6/c1-14(37)23(36-24(38)19(28)7-16-10-29-12-32-16)26(40)34-21(8-17-11-30-13-33-17)25(39)35-22(27(41)42)6-15-9-31-20-5-3-2-4-18(15)20/h2-5,9-14,19,21-23,31,37H,6-8,28H2,1H3,(H,29,32)(H,30,33)(H,34,40)(H,35,39)(H,36,38)(H,41,42). The van der Waals surface area contributed by atoms with E-state index >= 15 is 0 Å². The van der Waals surface area contributed by atoms with Crippen molar-refractivity contribution in [1.82, 2.24) is 40.9 Å². The second-order valence-electron chi connectivity index (χ2n) is 9.92. The summed E-state index contributed by atoms with van der Waals surface area (Å²) < 4.78 is 0. The maximum Gasteiger partial charge on any atom is 0.326 e. The van der Waals surface area contributed by atoms with E-state index < -0.39 is 54.0 Å². The molecule has 10 N–H and O–H groups in total. The highest BCUT2D eigenvalue weighted by molar-refractivity contribution is 5.94. The number of rotatable bonds is 14. The van der Waals surface area contributed by atoms with Crippen molar-refractivity contribution in [3.8, 4) is 0 Å². The van der Waals surface area contributed by atoms with Crippen LogP contribution in [0.25, 0.3) is 10.9 Å². The average Bonchev–Trinajstić information content (AvgIpc) is 3.74. The molecule has 0 radical (unpaired) electrons. The summed E-state index contributed by atoms with van der Waals surface area (Å²) in [6.07, 6.45) is 6.14. The number of amides is 3. The Morgan fingerprint density at radius 3 is 2.12 bits per heavy atom. The number of aliphatic hydroxyl groups is 1. The minimum Gasteiger partial charge on any atom is -0.480 e. The molecule has 0 spiro atoms. The summed E-state index contributed by atoms with van der Waals surface area (Å²) in [5, 5.41) is 28.5. The second-order valence-corrected chi connectivity index (χ2v) is 9.92. The van der Waals surface area contributed by atoms with Crippen LogP contribution in [0.3, 0.4) is 0 Å². The van der Waals surface area contributed by atoms with Crippen LogP contribution in [-0.4, -0.2) is 89.1 Å². The van der Waals surface area contributed by atoms with Gasteiger partial charge in [-0.1, -0.05) is 18.2 Å². The molecule has 0 aliphatic carbocycles. The van der Waals surface area contributed by atoms with Crippen LogP contribution in [-0.2, 0) is 38.4 Å². The fourth-order valence-electron chi connectivity index (χ4n) is 4.47. The Morgan fingerprint density at radius 2 is 1.50 bits per heavy atom. The van der Waals surface area contributed by atoms with E-state index in [9.17, 15) is 29.4 Å². The molecule has 0 aliphatic heterocycles. The number of aromatic nitrogens is 5. The van der Waals surface area contributed by atoms with E-state index in [1.54, 1.807) is 6.20 Å². The lowest BCUT2D eigenvalue weighted by molar-refractivity contribution is -0.142. The van der Waals surface area contributed by atoms with Gasteiger partial charge in [0.25, 0.3) is 0 Å². The average molecular weight is 580 g/mol. The van der Waals surface area contributed by atoms with Crippen LogP contribution in [0.2, 0.25) is 0 Å². The Bertz CT molecular complexity index is 1500. The number of aromatic amines is 3. The quantitative estimate of drug-likeness (QED) is 0.0878. The van der Waals surface area contributed by atoms with Crippen molar-refractivity contribution in [3.05, 3.63) is 72.5 Å². The molecule has 222 valence electrons. The minimum atomic E-state index is -1.45. The van der Waals surface area contributed by atoms with Gasteiger partial charge in [0.15, 0.2) is 0 Å². The Kier molecular flexibility index (Phi) is 9.67. The number of hydrogen-bond donors (Lipinski definition) is 9. The minimum absolute atomic E-state index is 0.0175. The Hall–Kier alpha value is -5.02. The molecule has 0 saturated carbocycles. The number of nitrogens with one attached hydrogen (secondary N) is 6. The van der Waals surface area contributed by atoms with Crippen LogP contribution in [0.1, 0.15) is 23.9 Å². The molecule has 15 nitrogen and oxygen atoms in total. The number of hydrogen-bond acceptors (Lipinski definition) is 8. The predicted octanol–water partition coefficient (Wildman–Crippen LogP) is -1.11. The highest BCUT2D eigenvalue weighted by atomic mass is 16.4. The lowest BCUT2D eigenvalue weighted by Crippen LogP contribution is -2.60. The summed E-state index contributed by atoms with van der Waals surface area (Å²) in [4.78, 5) is 68.0. The first-order valence-corrected chi connectivity index (χ1v) is 13.2. The van der Waals surface area contributed by atoms with Gasteiger partial charge in [-0.15, -0.1) is 0 Å². The van der Waals surface area contributed by atoms with Gasteiger partial charge in [0.1, 0.15) is 18.1 Å². The number of nitrogens with two attached hydrogens (primary N) is 1. The second kappa shape index (κ2) is 13.6. The fraction of sp³-hybridized carbons (Fsp3) is 0.333. The molecule has 0 fully saturated rings. The first-order chi connectivity index (χ1) is 20.1. The third kappa shape index (κ3) is 7.58. The van der Waals surface area contributed by atoms with Crippen LogP contribution in [0.5, 0.6) is 0 Å². The molecule has 15 heteroatoms. The van der Waals surface area contributed by atoms with Gasteiger partial charge in [-0.2, -0.15) is 0 Å². The SMILES string of the molecule is CC(O)C(NC(=O)C(N)Cc1cnc[nH]1)C(=O)NC(Cc1cnc[nH]1)C(=O)NC(Cc1c[nH]c2ccccc12)C(=O)O. The highest BCUT2D eigenvalue weighted by Gasteiger charge is 2.33. The normalized spacial score (nSPS) is 14.8. The van der Waals surface area contributed by atoms with Crippen LogP contribution in [0.4, 0.5) is 0 Å². The van der Waals surface area contributed by atoms with Gasteiger partial charge in [-0.3, -0.25) is 14.4 Å². The lowest BCUT2D eigenvalue weighted by Gasteiger charge is -2.26. The number of nitrogens with zero attached hydrogens (tertiary/aromatic N) is 2. The molecule has 3 amide bonds. The number of aliphatic carboxylic acids is 1. The third-order valence-electron chi connectivity index (χ3n) is 6.72. The molecule has 3 heterocycles. The van der Waals surface area contributed by atoms with E-state index in [1.165, 1.54) is 32.0 Å². The van der Waals surface area contributed by atoms with Crippen molar-refractivity contribution in [3.63, 3.8) is 0 Å². The molecule has 4 aromatic rings. The van der Waals surface area contributed by atoms with Crippen molar-refractivity contribution in [2.24, 2.45) is 5.73 Å². The number of carbonyl (C=O) groups is 4. The molecule has 4 rings (SSSR count). The van der Waals surface area contributed by atoms with Crippen molar-refractivity contribution in [1.29, 1.82) is 0 Å². The molecule has 1 aromatic carbocycles. The highest BCUT2D eigenvalue weighted by Crippen LogP contribution is 2.19. The maximum atomic E-state index is 13.4. The van der Waals surface area contributed by atoms with Gasteiger partial charge in [-0.05, 0) is 18.6 Å². The molecule has 0 bridgehead atoms. The summed E-state index contributed by atoms with van der Waals surface area (Å²) in [6, 6.07) is 2.27. The smallest absolute Gasteiger partial charge is 0.326 e. The predicted molar refractivity (Wildman–Crippen MR) is 150 cm³/mol. The van der Waals surface area contributed by atoms with Gasteiger partial charge in [-0.25, -0.2) is 14.8 Å². The monoisotopic (exact) mass is 579 g/mol. The molecule has 0 aliphatic rings. The van der Waals surface area contributed by atoms with Gasteiger partial charge in [0.2, 0.25) is 17.7 Å². The summed E-state index contributed by atoms with van der Waals surface area (Å²) >= 11 is 0. The van der Waals surface area contributed by atoms with Crippen LogP contribution < -0.4 is 21.7 Å². The molecular weight excluding hydrogens is 546 g/mol. The number of carboxylic acids is 1. The molecule has 42 heavy (non-hydrogen) atoms. The zero-order chi connectivity index (χ0) is 30.2. The van der Waals surface area contributed by atoms with Crippen molar-refractivity contribution in [2.45, 2.75) is 56.5 Å². The van der Waals surface area contributed by atoms with Crippen molar-refractivity contribution in [2.75, 3.05) is 0 Å². The molecule has 5 atom stereocenters. The van der Waals surface area contributed by atoms with Gasteiger partial charge in [0.05, 0.1) is 24.8 Å². The number of fused-ring (bicyclic) bond motifs is 1. The lowest BCUT2D eigenvalue weighted by atomic mass is 10.0. The number of H-pyrrole nitrogens is 3. The topological polar surface area (TPSA) is 244 Å². The number of para-hydroxylation sites is 1. The number of carboxylic acid groups (broad SMARTS) is 1. The number of aliphatic hydroxyl groups excluding tert-OH is 1. The van der Waals surface area contributed by atoms with E-state index in [0.29, 0.717) is 17.0 Å². The first-order valence-electron chi connectivity index (χ1n) is 13.2. The van der Waals surface area contributed by atoms with Crippen molar-refractivity contribution >= 4 is 34.6 Å². The zero-order valence-corrected chi connectivity index (χ0v) is 22.7.